The van der Waals surface area contributed by atoms with Crippen LogP contribution in [0.2, 0.25) is 0 Å². The van der Waals surface area contributed by atoms with Crippen molar-refractivity contribution < 1.29 is 14.7 Å². The van der Waals surface area contributed by atoms with Crippen LogP contribution in [0.5, 0.6) is 5.75 Å². The predicted molar refractivity (Wildman–Crippen MR) is 66.5 cm³/mol. The van der Waals surface area contributed by atoms with E-state index in [0.29, 0.717) is 16.7 Å². The first-order valence-electron chi connectivity index (χ1n) is 5.75. The van der Waals surface area contributed by atoms with E-state index in [-0.39, 0.29) is 24.1 Å². The van der Waals surface area contributed by atoms with Gasteiger partial charge < -0.3 is 5.11 Å². The minimum absolute atomic E-state index is 0.0546. The number of carbonyl (C=O) groups is 2. The van der Waals surface area contributed by atoms with Gasteiger partial charge in [-0.2, -0.15) is 0 Å². The summed E-state index contributed by atoms with van der Waals surface area (Å²) in [6.45, 7) is 0.0546. The largest absolute Gasteiger partial charge is 0.508 e. The molecule has 1 aromatic carbocycles. The van der Waals surface area contributed by atoms with Gasteiger partial charge in [0.1, 0.15) is 5.75 Å². The van der Waals surface area contributed by atoms with Gasteiger partial charge in [-0.3, -0.25) is 19.5 Å². The summed E-state index contributed by atoms with van der Waals surface area (Å²) in [6, 6.07) is 8.16. The van der Waals surface area contributed by atoms with Crippen molar-refractivity contribution in [1.82, 2.24) is 9.88 Å². The first-order valence-corrected chi connectivity index (χ1v) is 5.75. The Morgan fingerprint density at radius 3 is 2.53 bits per heavy atom. The van der Waals surface area contributed by atoms with Crippen LogP contribution in [-0.2, 0) is 6.54 Å². The maximum atomic E-state index is 12.1. The first-order chi connectivity index (χ1) is 9.18. The average molecular weight is 254 g/mol. The van der Waals surface area contributed by atoms with Crippen molar-refractivity contribution in [1.29, 1.82) is 0 Å². The van der Waals surface area contributed by atoms with E-state index < -0.39 is 0 Å². The molecule has 19 heavy (non-hydrogen) atoms. The molecule has 0 atom stereocenters. The third kappa shape index (κ3) is 1.76. The normalized spacial score (nSPS) is 13.8. The highest BCUT2D eigenvalue weighted by molar-refractivity contribution is 6.21. The molecule has 0 saturated heterocycles. The second kappa shape index (κ2) is 4.20. The third-order valence-electron chi connectivity index (χ3n) is 3.09. The highest BCUT2D eigenvalue weighted by Crippen LogP contribution is 2.25. The topological polar surface area (TPSA) is 70.5 Å². The van der Waals surface area contributed by atoms with Gasteiger partial charge in [0.15, 0.2) is 0 Å². The number of para-hydroxylation sites is 1. The fourth-order valence-corrected chi connectivity index (χ4v) is 2.09. The summed E-state index contributed by atoms with van der Waals surface area (Å²) in [5.41, 5.74) is 1.20. The van der Waals surface area contributed by atoms with Gasteiger partial charge in [0.05, 0.1) is 17.7 Å². The van der Waals surface area contributed by atoms with Gasteiger partial charge in [-0.05, 0) is 12.1 Å². The Balaban J connectivity index is 1.95. The van der Waals surface area contributed by atoms with Crippen molar-refractivity contribution in [2.45, 2.75) is 6.54 Å². The van der Waals surface area contributed by atoms with Crippen LogP contribution in [0.1, 0.15) is 26.3 Å². The molecule has 2 aromatic rings. The van der Waals surface area contributed by atoms with E-state index in [1.54, 1.807) is 18.2 Å². The summed E-state index contributed by atoms with van der Waals surface area (Å²) >= 11 is 0. The van der Waals surface area contributed by atoms with E-state index in [0.717, 1.165) is 4.90 Å². The molecule has 1 aliphatic heterocycles. The first kappa shape index (κ1) is 11.4. The molecular formula is C14H10N2O3. The van der Waals surface area contributed by atoms with Crippen LogP contribution in [0.3, 0.4) is 0 Å². The zero-order valence-electron chi connectivity index (χ0n) is 9.91. The summed E-state index contributed by atoms with van der Waals surface area (Å²) in [4.78, 5) is 29.2. The maximum absolute atomic E-state index is 12.1. The fraction of sp³-hybridized carbons (Fsp3) is 0.0714. The number of fused-ring (bicyclic) bond motifs is 1. The second-order valence-corrected chi connectivity index (χ2v) is 4.25. The van der Waals surface area contributed by atoms with E-state index >= 15 is 0 Å². The lowest BCUT2D eigenvalue weighted by Crippen LogP contribution is -2.29. The van der Waals surface area contributed by atoms with E-state index in [9.17, 15) is 14.7 Å². The number of amides is 2. The molecule has 94 valence electrons. The zero-order valence-corrected chi connectivity index (χ0v) is 9.91. The van der Waals surface area contributed by atoms with Crippen LogP contribution in [0.4, 0.5) is 0 Å². The third-order valence-corrected chi connectivity index (χ3v) is 3.09. The van der Waals surface area contributed by atoms with Crippen LogP contribution in [-0.4, -0.2) is 26.8 Å². The van der Waals surface area contributed by atoms with Crippen LogP contribution in [0.25, 0.3) is 0 Å². The second-order valence-electron chi connectivity index (χ2n) is 4.25. The molecule has 0 radical (unpaired) electrons. The summed E-state index contributed by atoms with van der Waals surface area (Å²) < 4.78 is 0. The Morgan fingerprint density at radius 1 is 1.05 bits per heavy atom. The Kier molecular flexibility index (Phi) is 2.52. The number of rotatable bonds is 2. The van der Waals surface area contributed by atoms with Gasteiger partial charge >= 0.3 is 0 Å². The van der Waals surface area contributed by atoms with Gasteiger partial charge in [-0.1, -0.05) is 18.2 Å². The maximum Gasteiger partial charge on any atom is 0.263 e. The number of hydrogen-bond acceptors (Lipinski definition) is 4. The molecular weight excluding hydrogens is 244 g/mol. The van der Waals surface area contributed by atoms with Gasteiger partial charge in [-0.25, -0.2) is 0 Å². The average Bonchev–Trinajstić information content (AvgIpc) is 2.67. The standard InChI is InChI=1S/C14H10N2O3/c17-12-4-2-1-3-9(12)8-16-13(18)10-5-6-15-7-11(10)14(16)19/h1-7,17H,8H2. The lowest BCUT2D eigenvalue weighted by Gasteiger charge is -2.14. The van der Waals surface area contributed by atoms with Gasteiger partial charge in [0.25, 0.3) is 11.8 Å². The Hall–Kier alpha value is -2.69. The van der Waals surface area contributed by atoms with Crippen molar-refractivity contribution in [3.05, 3.63) is 59.4 Å². The van der Waals surface area contributed by atoms with Crippen molar-refractivity contribution in [2.24, 2.45) is 0 Å². The lowest BCUT2D eigenvalue weighted by atomic mass is 10.2. The molecule has 0 fully saturated rings. The van der Waals surface area contributed by atoms with E-state index in [2.05, 4.69) is 4.98 Å². The molecule has 0 unspecified atom stereocenters. The monoisotopic (exact) mass is 254 g/mol. The Morgan fingerprint density at radius 2 is 1.79 bits per heavy atom. The minimum Gasteiger partial charge on any atom is -0.508 e. The number of hydrogen-bond donors (Lipinski definition) is 1. The predicted octanol–water partition coefficient (Wildman–Crippen LogP) is 1.58. The number of phenolic OH excluding ortho intramolecular Hbond substituents is 1. The van der Waals surface area contributed by atoms with E-state index in [1.807, 2.05) is 0 Å². The van der Waals surface area contributed by atoms with E-state index in [4.69, 9.17) is 0 Å². The van der Waals surface area contributed by atoms with Crippen LogP contribution >= 0.6 is 0 Å². The van der Waals surface area contributed by atoms with Crippen LogP contribution in [0.15, 0.2) is 42.7 Å². The molecule has 2 amide bonds. The minimum atomic E-state index is -0.378. The zero-order chi connectivity index (χ0) is 13.4. The van der Waals surface area contributed by atoms with Crippen LogP contribution < -0.4 is 0 Å². The summed E-state index contributed by atoms with van der Waals surface area (Å²) in [5.74, 6) is -0.667. The molecule has 5 heteroatoms. The van der Waals surface area contributed by atoms with Gasteiger partial charge in [-0.15, -0.1) is 0 Å². The van der Waals surface area contributed by atoms with Gasteiger partial charge in [0, 0.05) is 18.0 Å². The molecule has 5 nitrogen and oxygen atoms in total. The molecule has 1 aliphatic rings. The molecule has 0 aliphatic carbocycles. The van der Waals surface area contributed by atoms with Crippen molar-refractivity contribution in [3.63, 3.8) is 0 Å². The van der Waals surface area contributed by atoms with Crippen LogP contribution in [0, 0.1) is 0 Å². The van der Waals surface area contributed by atoms with Gasteiger partial charge in [0.2, 0.25) is 0 Å². The number of phenols is 1. The summed E-state index contributed by atoms with van der Waals surface area (Å²) in [7, 11) is 0. The van der Waals surface area contributed by atoms with E-state index in [1.165, 1.54) is 24.5 Å². The number of carbonyl (C=O) groups excluding carboxylic acids is 2. The Labute approximate surface area is 109 Å². The summed E-state index contributed by atoms with van der Waals surface area (Å²) in [5, 5.41) is 9.70. The van der Waals surface area contributed by atoms with Crippen molar-refractivity contribution in [2.75, 3.05) is 0 Å². The number of benzene rings is 1. The molecule has 0 spiro atoms. The SMILES string of the molecule is O=C1c2ccncc2C(=O)N1Cc1ccccc1O. The fourth-order valence-electron chi connectivity index (χ4n) is 2.09. The van der Waals surface area contributed by atoms with Crippen molar-refractivity contribution in [3.8, 4) is 5.75 Å². The number of imide groups is 1. The number of pyridine rings is 1. The Bertz CT molecular complexity index is 647. The van der Waals surface area contributed by atoms with Crippen molar-refractivity contribution >= 4 is 11.8 Å². The number of aromatic nitrogens is 1. The summed E-state index contributed by atoms with van der Waals surface area (Å²) in [6.07, 6.45) is 2.87. The highest BCUT2D eigenvalue weighted by Gasteiger charge is 2.35. The molecule has 0 saturated carbocycles. The lowest BCUT2D eigenvalue weighted by molar-refractivity contribution is 0.0641. The molecule has 1 N–H and O–H groups in total. The smallest absolute Gasteiger partial charge is 0.263 e. The molecule has 2 heterocycles. The molecule has 1 aromatic heterocycles. The quantitative estimate of drug-likeness (QED) is 0.826. The number of aromatic hydroxyl groups is 1. The molecule has 0 bridgehead atoms. The number of nitrogens with zero attached hydrogens (tertiary/aromatic N) is 2. The highest BCUT2D eigenvalue weighted by atomic mass is 16.3. The molecule has 3 rings (SSSR count).